The number of hydrogen-bond donors (Lipinski definition) is 1. The van der Waals surface area contributed by atoms with E-state index in [0.717, 1.165) is 40.2 Å². The minimum absolute atomic E-state index is 0.0742. The van der Waals surface area contributed by atoms with Crippen molar-refractivity contribution in [3.05, 3.63) is 124 Å². The molecular weight excluding hydrogens is 460 g/mol. The second kappa shape index (κ2) is 10.5. The number of carbonyl (C=O) groups is 2. The van der Waals surface area contributed by atoms with Crippen LogP contribution in [0.2, 0.25) is 0 Å². The van der Waals surface area contributed by atoms with Crippen molar-refractivity contribution in [1.82, 2.24) is 5.32 Å². The lowest BCUT2D eigenvalue weighted by Gasteiger charge is -2.36. The number of anilines is 1. The Morgan fingerprint density at radius 2 is 1.54 bits per heavy atom. The number of esters is 1. The van der Waals surface area contributed by atoms with Gasteiger partial charge in [0.15, 0.2) is 5.78 Å². The Labute approximate surface area is 218 Å². The third-order valence-electron chi connectivity index (χ3n) is 7.27. The van der Waals surface area contributed by atoms with Gasteiger partial charge < -0.3 is 15.0 Å². The van der Waals surface area contributed by atoms with Crippen LogP contribution in [0.3, 0.4) is 0 Å². The zero-order valence-electron chi connectivity index (χ0n) is 21.5. The first-order valence-corrected chi connectivity index (χ1v) is 12.7. The van der Waals surface area contributed by atoms with E-state index in [2.05, 4.69) is 17.4 Å². The highest BCUT2D eigenvalue weighted by molar-refractivity contribution is 6.04. The molecular formula is C32H32N2O3. The first-order chi connectivity index (χ1) is 17.9. The number of benzene rings is 3. The topological polar surface area (TPSA) is 58.6 Å². The Morgan fingerprint density at radius 3 is 2.19 bits per heavy atom. The highest BCUT2D eigenvalue weighted by atomic mass is 16.5. The number of nitrogens with one attached hydrogen (secondary N) is 1. The maximum atomic E-state index is 13.7. The van der Waals surface area contributed by atoms with Gasteiger partial charge in [0.25, 0.3) is 0 Å². The summed E-state index contributed by atoms with van der Waals surface area (Å²) in [5.41, 5.74) is 6.87. The minimum Gasteiger partial charge on any atom is -0.457 e. The molecule has 0 unspecified atom stereocenters. The van der Waals surface area contributed by atoms with Crippen molar-refractivity contribution in [2.75, 3.05) is 19.0 Å². The van der Waals surface area contributed by atoms with Gasteiger partial charge in [0.1, 0.15) is 6.61 Å². The van der Waals surface area contributed by atoms with Gasteiger partial charge in [-0.05, 0) is 48.1 Å². The number of carbonyl (C=O) groups excluding carboxylic acids is 2. The summed E-state index contributed by atoms with van der Waals surface area (Å²) in [4.78, 5) is 29.3. The predicted octanol–water partition coefficient (Wildman–Crippen LogP) is 5.86. The average Bonchev–Trinajstić information content (AvgIpc) is 2.92. The van der Waals surface area contributed by atoms with Crippen LogP contribution < -0.4 is 10.2 Å². The maximum Gasteiger partial charge on any atom is 0.337 e. The first kappa shape index (κ1) is 24.6. The summed E-state index contributed by atoms with van der Waals surface area (Å²) >= 11 is 0. The van der Waals surface area contributed by atoms with Crippen molar-refractivity contribution in [2.24, 2.45) is 0 Å². The Hall–Kier alpha value is -4.12. The molecule has 0 fully saturated rings. The van der Waals surface area contributed by atoms with E-state index in [1.54, 1.807) is 0 Å². The van der Waals surface area contributed by atoms with Crippen molar-refractivity contribution in [3.8, 4) is 0 Å². The van der Waals surface area contributed by atoms with E-state index >= 15 is 0 Å². The number of rotatable bonds is 6. The highest BCUT2D eigenvalue weighted by Gasteiger charge is 2.41. The van der Waals surface area contributed by atoms with Crippen molar-refractivity contribution in [1.29, 1.82) is 0 Å². The molecule has 0 spiro atoms. The molecule has 5 rings (SSSR count). The second-order valence-electron chi connectivity index (χ2n) is 9.98. The third kappa shape index (κ3) is 5.08. The van der Waals surface area contributed by atoms with Crippen LogP contribution in [0.25, 0.3) is 0 Å². The van der Waals surface area contributed by atoms with Gasteiger partial charge in [-0.2, -0.15) is 0 Å². The molecule has 5 heteroatoms. The lowest BCUT2D eigenvalue weighted by atomic mass is 9.71. The molecule has 1 aliphatic heterocycles. The molecule has 3 aromatic rings. The Balaban J connectivity index is 1.52. The monoisotopic (exact) mass is 492 g/mol. The van der Waals surface area contributed by atoms with Gasteiger partial charge in [-0.1, -0.05) is 72.8 Å². The van der Waals surface area contributed by atoms with Gasteiger partial charge in [-0.15, -0.1) is 0 Å². The summed E-state index contributed by atoms with van der Waals surface area (Å²) in [6.45, 7) is 2.08. The Bertz CT molecular complexity index is 1360. The molecule has 2 aliphatic rings. The van der Waals surface area contributed by atoms with Gasteiger partial charge in [0.05, 0.1) is 5.57 Å². The van der Waals surface area contributed by atoms with Gasteiger partial charge in [-0.25, -0.2) is 4.79 Å². The number of dihydropyridines is 1. The third-order valence-corrected chi connectivity index (χ3v) is 7.27. The summed E-state index contributed by atoms with van der Waals surface area (Å²) in [7, 11) is 3.98. The maximum absolute atomic E-state index is 13.7. The normalized spacial score (nSPS) is 19.3. The molecule has 0 aromatic heterocycles. The quantitative estimate of drug-likeness (QED) is 0.437. The molecule has 2 atom stereocenters. The molecule has 37 heavy (non-hydrogen) atoms. The highest BCUT2D eigenvalue weighted by Crippen LogP contribution is 2.46. The Kier molecular flexibility index (Phi) is 6.95. The van der Waals surface area contributed by atoms with Crippen molar-refractivity contribution in [2.45, 2.75) is 38.2 Å². The van der Waals surface area contributed by atoms with Crippen LogP contribution in [0.1, 0.15) is 48.3 Å². The fourth-order valence-corrected chi connectivity index (χ4v) is 5.37. The summed E-state index contributed by atoms with van der Waals surface area (Å²) < 4.78 is 5.78. The number of nitrogens with zero attached hydrogens (tertiary/aromatic N) is 1. The average molecular weight is 493 g/mol. The molecule has 1 aliphatic carbocycles. The first-order valence-electron chi connectivity index (χ1n) is 12.7. The molecule has 0 saturated heterocycles. The minimum atomic E-state index is -0.472. The number of Topliss-reactive ketones (excluding diaryl/α,β-unsaturated/α-hetero) is 1. The zero-order valence-corrected chi connectivity index (χ0v) is 21.5. The SMILES string of the molecule is CC1=C(C(=O)OCc2ccccc2)[C@H](c2ccc(N(C)C)cc2)C2=C(C[C@@H](c3ccccc3)CC2=O)N1. The lowest BCUT2D eigenvalue weighted by molar-refractivity contribution is -0.140. The number of ether oxygens (including phenoxy) is 1. The Morgan fingerprint density at radius 1 is 0.892 bits per heavy atom. The molecule has 0 amide bonds. The van der Waals surface area contributed by atoms with E-state index in [1.165, 1.54) is 0 Å². The van der Waals surface area contributed by atoms with E-state index in [4.69, 9.17) is 4.74 Å². The van der Waals surface area contributed by atoms with Crippen LogP contribution in [0, 0.1) is 0 Å². The molecule has 0 saturated carbocycles. The number of ketones is 1. The van der Waals surface area contributed by atoms with Crippen molar-refractivity contribution in [3.63, 3.8) is 0 Å². The van der Waals surface area contributed by atoms with E-state index in [-0.39, 0.29) is 18.3 Å². The van der Waals surface area contributed by atoms with E-state index < -0.39 is 11.9 Å². The van der Waals surface area contributed by atoms with Crippen molar-refractivity contribution >= 4 is 17.4 Å². The molecule has 0 bridgehead atoms. The second-order valence-corrected chi connectivity index (χ2v) is 9.98. The summed E-state index contributed by atoms with van der Waals surface area (Å²) in [5.74, 6) is -0.693. The zero-order chi connectivity index (χ0) is 25.9. The van der Waals surface area contributed by atoms with Crippen LogP contribution >= 0.6 is 0 Å². The molecule has 188 valence electrons. The smallest absolute Gasteiger partial charge is 0.337 e. The largest absolute Gasteiger partial charge is 0.457 e. The van der Waals surface area contributed by atoms with E-state index in [1.807, 2.05) is 98.7 Å². The van der Waals surface area contributed by atoms with Gasteiger partial charge in [-0.3, -0.25) is 4.79 Å². The van der Waals surface area contributed by atoms with Gasteiger partial charge >= 0.3 is 5.97 Å². The van der Waals surface area contributed by atoms with Crippen LogP contribution in [-0.4, -0.2) is 25.8 Å². The van der Waals surface area contributed by atoms with Crippen LogP contribution in [-0.2, 0) is 20.9 Å². The number of allylic oxidation sites excluding steroid dienone is 3. The fourth-order valence-electron chi connectivity index (χ4n) is 5.37. The summed E-state index contributed by atoms with van der Waals surface area (Å²) in [6.07, 6.45) is 1.14. The fraction of sp³-hybridized carbons (Fsp3) is 0.250. The lowest BCUT2D eigenvalue weighted by Crippen LogP contribution is -2.36. The van der Waals surface area contributed by atoms with Crippen LogP contribution in [0.4, 0.5) is 5.69 Å². The summed E-state index contributed by atoms with van der Waals surface area (Å²) in [5, 5.41) is 3.44. The van der Waals surface area contributed by atoms with Gasteiger partial charge in [0, 0.05) is 49.1 Å². The van der Waals surface area contributed by atoms with Crippen LogP contribution in [0.15, 0.2) is 107 Å². The molecule has 1 N–H and O–H groups in total. The number of hydrogen-bond acceptors (Lipinski definition) is 5. The van der Waals surface area contributed by atoms with Crippen LogP contribution in [0.5, 0.6) is 0 Å². The predicted molar refractivity (Wildman–Crippen MR) is 146 cm³/mol. The van der Waals surface area contributed by atoms with E-state index in [9.17, 15) is 9.59 Å². The van der Waals surface area contributed by atoms with E-state index in [0.29, 0.717) is 17.6 Å². The molecule has 1 heterocycles. The molecule has 5 nitrogen and oxygen atoms in total. The van der Waals surface area contributed by atoms with Crippen molar-refractivity contribution < 1.29 is 14.3 Å². The van der Waals surface area contributed by atoms with Gasteiger partial charge in [0.2, 0.25) is 0 Å². The molecule has 0 radical (unpaired) electrons. The molecule has 3 aromatic carbocycles. The standard InChI is InChI=1S/C32H32N2O3/c1-21-29(32(36)37-20-22-10-6-4-7-11-22)30(24-14-16-26(17-15-24)34(2)3)31-27(33-21)18-25(19-28(31)35)23-12-8-5-9-13-23/h4-17,25,30,33H,18-20H2,1-3H3/t25-,30+/m1/s1. The summed E-state index contributed by atoms with van der Waals surface area (Å²) in [6, 6.07) is 27.9.